The number of rotatable bonds is 4. The van der Waals surface area contributed by atoms with E-state index in [0.717, 1.165) is 10.0 Å². The Labute approximate surface area is 113 Å². The molecule has 2 aromatic rings. The van der Waals surface area contributed by atoms with Crippen LogP contribution < -0.4 is 10.1 Å². The minimum Gasteiger partial charge on any atom is -0.496 e. The first-order chi connectivity index (χ1) is 8.70. The fraction of sp³-hybridized carbons (Fsp3) is 0.167. The molecule has 0 saturated heterocycles. The Kier molecular flexibility index (Phi) is 3.99. The Hall–Kier alpha value is -1.82. The second-order valence-corrected chi connectivity index (χ2v) is 4.49. The summed E-state index contributed by atoms with van der Waals surface area (Å²) < 4.78 is 5.86. The molecule has 0 saturated carbocycles. The van der Waals surface area contributed by atoms with E-state index in [1.165, 1.54) is 0 Å². The van der Waals surface area contributed by atoms with Crippen molar-refractivity contribution in [2.45, 2.75) is 6.54 Å². The highest BCUT2D eigenvalue weighted by molar-refractivity contribution is 9.10. The number of nitrogens with zero attached hydrogens (tertiary/aromatic N) is 1. The lowest BCUT2D eigenvalue weighted by Gasteiger charge is -2.06. The zero-order valence-electron chi connectivity index (χ0n) is 9.74. The maximum absolute atomic E-state index is 11.9. The number of H-pyrrole nitrogens is 1. The van der Waals surface area contributed by atoms with E-state index in [1.54, 1.807) is 37.7 Å². The molecule has 0 spiro atoms. The van der Waals surface area contributed by atoms with Crippen molar-refractivity contribution in [2.75, 3.05) is 7.11 Å². The molecule has 6 heteroatoms. The number of methoxy groups -OCH3 is 1. The van der Waals surface area contributed by atoms with Gasteiger partial charge in [0.15, 0.2) is 0 Å². The van der Waals surface area contributed by atoms with Crippen LogP contribution in [-0.4, -0.2) is 23.2 Å². The first-order valence-corrected chi connectivity index (χ1v) is 6.09. The number of carbonyl (C=O) groups excluding carboxylic acids is 1. The summed E-state index contributed by atoms with van der Waals surface area (Å²) in [7, 11) is 1.58. The standard InChI is InChI=1S/C12H12BrN3O2/c1-18-11-3-2-9(4-10(11)13)12(17)14-5-8-6-15-16-7-8/h2-4,6-7H,5H2,1H3,(H,14,17)(H,15,16). The molecule has 1 amide bonds. The van der Waals surface area contributed by atoms with Crippen molar-refractivity contribution in [3.05, 3.63) is 46.2 Å². The van der Waals surface area contributed by atoms with Crippen LogP contribution in [0.3, 0.4) is 0 Å². The van der Waals surface area contributed by atoms with E-state index in [4.69, 9.17) is 4.74 Å². The number of aromatic nitrogens is 2. The summed E-state index contributed by atoms with van der Waals surface area (Å²) in [5, 5.41) is 9.31. The van der Waals surface area contributed by atoms with Gasteiger partial charge in [-0.3, -0.25) is 9.89 Å². The molecular weight excluding hydrogens is 298 g/mol. The third-order valence-electron chi connectivity index (χ3n) is 2.42. The summed E-state index contributed by atoms with van der Waals surface area (Å²) in [5.41, 5.74) is 1.50. The monoisotopic (exact) mass is 309 g/mol. The molecule has 2 rings (SSSR count). The van der Waals surface area contributed by atoms with Crippen molar-refractivity contribution >= 4 is 21.8 Å². The van der Waals surface area contributed by atoms with Crippen molar-refractivity contribution in [3.8, 4) is 5.75 Å². The number of hydrogen-bond acceptors (Lipinski definition) is 3. The molecule has 0 aliphatic heterocycles. The van der Waals surface area contributed by atoms with Gasteiger partial charge in [-0.2, -0.15) is 5.10 Å². The van der Waals surface area contributed by atoms with Crippen LogP contribution in [0.1, 0.15) is 15.9 Å². The molecule has 1 aromatic carbocycles. The lowest BCUT2D eigenvalue weighted by Crippen LogP contribution is -2.22. The quantitative estimate of drug-likeness (QED) is 0.909. The van der Waals surface area contributed by atoms with Gasteiger partial charge in [0.25, 0.3) is 5.91 Å². The van der Waals surface area contributed by atoms with Gasteiger partial charge in [-0.15, -0.1) is 0 Å². The minimum atomic E-state index is -0.139. The highest BCUT2D eigenvalue weighted by Crippen LogP contribution is 2.25. The fourth-order valence-corrected chi connectivity index (χ4v) is 2.01. The van der Waals surface area contributed by atoms with Gasteiger partial charge in [-0.05, 0) is 34.1 Å². The molecule has 0 radical (unpaired) electrons. The molecule has 1 heterocycles. The van der Waals surface area contributed by atoms with Crippen LogP contribution in [0, 0.1) is 0 Å². The molecule has 1 aromatic heterocycles. The van der Waals surface area contributed by atoms with Gasteiger partial charge in [-0.1, -0.05) is 0 Å². The topological polar surface area (TPSA) is 67.0 Å². The van der Waals surface area contributed by atoms with Crippen LogP contribution in [0.5, 0.6) is 5.75 Å². The second-order valence-electron chi connectivity index (χ2n) is 3.64. The Bertz CT molecular complexity index is 540. The average molecular weight is 310 g/mol. The van der Waals surface area contributed by atoms with Crippen LogP contribution in [0.25, 0.3) is 0 Å². The SMILES string of the molecule is COc1ccc(C(=O)NCc2cn[nH]c2)cc1Br. The molecule has 94 valence electrons. The van der Waals surface area contributed by atoms with Crippen LogP contribution in [-0.2, 0) is 6.54 Å². The highest BCUT2D eigenvalue weighted by atomic mass is 79.9. The van der Waals surface area contributed by atoms with Crippen LogP contribution in [0.4, 0.5) is 0 Å². The van der Waals surface area contributed by atoms with E-state index >= 15 is 0 Å². The van der Waals surface area contributed by atoms with Crippen LogP contribution in [0.2, 0.25) is 0 Å². The van der Waals surface area contributed by atoms with Crippen molar-refractivity contribution < 1.29 is 9.53 Å². The molecule has 0 atom stereocenters. The van der Waals surface area contributed by atoms with Gasteiger partial charge in [0.2, 0.25) is 0 Å². The van der Waals surface area contributed by atoms with Gasteiger partial charge in [0, 0.05) is 23.9 Å². The normalized spacial score (nSPS) is 10.1. The van der Waals surface area contributed by atoms with E-state index < -0.39 is 0 Å². The minimum absolute atomic E-state index is 0.139. The highest BCUT2D eigenvalue weighted by Gasteiger charge is 2.08. The third kappa shape index (κ3) is 2.89. The maximum atomic E-state index is 11.9. The Morgan fingerprint density at radius 3 is 3.00 bits per heavy atom. The van der Waals surface area contributed by atoms with Crippen LogP contribution >= 0.6 is 15.9 Å². The van der Waals surface area contributed by atoms with Crippen molar-refractivity contribution in [1.82, 2.24) is 15.5 Å². The predicted octanol–water partition coefficient (Wildman–Crippen LogP) is 2.11. The summed E-state index contributed by atoms with van der Waals surface area (Å²) in [4.78, 5) is 11.9. The number of ether oxygens (including phenoxy) is 1. The van der Waals surface area contributed by atoms with Gasteiger partial charge in [0.1, 0.15) is 5.75 Å². The van der Waals surface area contributed by atoms with Crippen molar-refractivity contribution in [2.24, 2.45) is 0 Å². The van der Waals surface area contributed by atoms with Crippen LogP contribution in [0.15, 0.2) is 35.1 Å². The van der Waals surface area contributed by atoms with E-state index in [-0.39, 0.29) is 5.91 Å². The van der Waals surface area contributed by atoms with E-state index in [1.807, 2.05) is 0 Å². The number of aromatic amines is 1. The molecule has 0 aliphatic rings. The Morgan fingerprint density at radius 2 is 2.39 bits per heavy atom. The summed E-state index contributed by atoms with van der Waals surface area (Å²) >= 11 is 3.35. The number of amides is 1. The molecule has 0 fully saturated rings. The zero-order chi connectivity index (χ0) is 13.0. The van der Waals surface area contributed by atoms with E-state index in [2.05, 4.69) is 31.4 Å². The lowest BCUT2D eigenvalue weighted by molar-refractivity contribution is 0.0951. The van der Waals surface area contributed by atoms with Gasteiger partial charge < -0.3 is 10.1 Å². The molecule has 18 heavy (non-hydrogen) atoms. The van der Waals surface area contributed by atoms with Gasteiger partial charge >= 0.3 is 0 Å². The van der Waals surface area contributed by atoms with Crippen molar-refractivity contribution in [1.29, 1.82) is 0 Å². The smallest absolute Gasteiger partial charge is 0.251 e. The number of halogens is 1. The van der Waals surface area contributed by atoms with E-state index in [9.17, 15) is 4.79 Å². The summed E-state index contributed by atoms with van der Waals surface area (Å²) in [6.07, 6.45) is 3.41. The lowest BCUT2D eigenvalue weighted by atomic mass is 10.2. The molecule has 0 unspecified atom stereocenters. The molecule has 0 bridgehead atoms. The zero-order valence-corrected chi connectivity index (χ0v) is 11.3. The number of hydrogen-bond donors (Lipinski definition) is 2. The fourth-order valence-electron chi connectivity index (χ4n) is 1.47. The number of carbonyl (C=O) groups is 1. The second kappa shape index (κ2) is 5.68. The largest absolute Gasteiger partial charge is 0.496 e. The summed E-state index contributed by atoms with van der Waals surface area (Å²) in [6, 6.07) is 5.19. The van der Waals surface area contributed by atoms with Gasteiger partial charge in [0.05, 0.1) is 17.8 Å². The molecule has 2 N–H and O–H groups in total. The van der Waals surface area contributed by atoms with Gasteiger partial charge in [-0.25, -0.2) is 0 Å². The van der Waals surface area contributed by atoms with E-state index in [0.29, 0.717) is 17.9 Å². The first-order valence-electron chi connectivity index (χ1n) is 5.30. The predicted molar refractivity (Wildman–Crippen MR) is 70.5 cm³/mol. The maximum Gasteiger partial charge on any atom is 0.251 e. The Balaban J connectivity index is 2.02. The van der Waals surface area contributed by atoms with Crippen molar-refractivity contribution in [3.63, 3.8) is 0 Å². The summed E-state index contributed by atoms with van der Waals surface area (Å²) in [5.74, 6) is 0.556. The summed E-state index contributed by atoms with van der Waals surface area (Å²) in [6.45, 7) is 0.443. The first kappa shape index (κ1) is 12.6. The third-order valence-corrected chi connectivity index (χ3v) is 3.04. The number of benzene rings is 1. The molecule has 0 aliphatic carbocycles. The average Bonchev–Trinajstić information content (AvgIpc) is 2.89. The Morgan fingerprint density at radius 1 is 1.56 bits per heavy atom. The number of nitrogens with one attached hydrogen (secondary N) is 2. The molecular formula is C12H12BrN3O2. The molecule has 5 nitrogen and oxygen atoms in total.